The number of nitrogens with zero attached hydrogens (tertiary/aromatic N) is 3. The highest BCUT2D eigenvalue weighted by Gasteiger charge is 2.50. The predicted octanol–water partition coefficient (Wildman–Crippen LogP) is 4.40. The molecule has 2 heterocycles. The first kappa shape index (κ1) is 23.4. The molecule has 1 aliphatic heterocycles. The first-order valence-corrected chi connectivity index (χ1v) is 13.2. The maximum Gasteiger partial charge on any atom is 0.335 e. The highest BCUT2D eigenvalue weighted by atomic mass is 16.5. The van der Waals surface area contributed by atoms with Gasteiger partial charge in [0.05, 0.1) is 5.56 Å². The summed E-state index contributed by atoms with van der Waals surface area (Å²) in [5.41, 5.74) is 2.99. The van der Waals surface area contributed by atoms with Crippen molar-refractivity contribution in [2.45, 2.75) is 62.4 Å². The van der Waals surface area contributed by atoms with Crippen LogP contribution < -0.4 is 5.32 Å². The summed E-state index contributed by atoms with van der Waals surface area (Å²) < 4.78 is 5.71. The van der Waals surface area contributed by atoms with Crippen molar-refractivity contribution in [3.8, 4) is 0 Å². The molecule has 3 fully saturated rings. The van der Waals surface area contributed by atoms with E-state index in [0.717, 1.165) is 75.6 Å². The highest BCUT2D eigenvalue weighted by Crippen LogP contribution is 2.48. The van der Waals surface area contributed by atoms with Crippen molar-refractivity contribution in [3.05, 3.63) is 83.0 Å². The van der Waals surface area contributed by atoms with E-state index in [1.165, 1.54) is 12.0 Å². The van der Waals surface area contributed by atoms with E-state index in [4.69, 9.17) is 14.6 Å². The molecule has 0 unspecified atom stereocenters. The van der Waals surface area contributed by atoms with E-state index < -0.39 is 5.97 Å². The lowest BCUT2D eigenvalue weighted by atomic mass is 9.93. The summed E-state index contributed by atoms with van der Waals surface area (Å²) >= 11 is 0. The minimum Gasteiger partial charge on any atom is -0.478 e. The Morgan fingerprint density at radius 2 is 1.83 bits per heavy atom. The average molecular weight is 487 g/mol. The van der Waals surface area contributed by atoms with Crippen LogP contribution in [-0.4, -0.2) is 51.8 Å². The van der Waals surface area contributed by atoms with Crippen LogP contribution in [0.2, 0.25) is 0 Å². The number of carboxylic acids is 1. The molecule has 1 saturated heterocycles. The van der Waals surface area contributed by atoms with E-state index in [0.29, 0.717) is 23.4 Å². The van der Waals surface area contributed by atoms with Crippen molar-refractivity contribution in [1.29, 1.82) is 0 Å². The topological polar surface area (TPSA) is 91.5 Å². The number of nitrogens with one attached hydrogen (secondary N) is 1. The zero-order valence-electron chi connectivity index (χ0n) is 20.6. The fourth-order valence-electron chi connectivity index (χ4n) is 5.61. The minimum absolute atomic E-state index is 0.0606. The third-order valence-electron chi connectivity index (χ3n) is 8.29. The Morgan fingerprint density at radius 3 is 2.53 bits per heavy atom. The Bertz CT molecular complexity index is 1180. The lowest BCUT2D eigenvalue weighted by Crippen LogP contribution is -2.34. The van der Waals surface area contributed by atoms with E-state index in [1.54, 1.807) is 12.1 Å². The van der Waals surface area contributed by atoms with Crippen LogP contribution in [0.3, 0.4) is 0 Å². The molecule has 0 radical (unpaired) electrons. The molecule has 188 valence electrons. The van der Waals surface area contributed by atoms with E-state index in [1.807, 2.05) is 12.1 Å². The van der Waals surface area contributed by atoms with Crippen molar-refractivity contribution in [3.63, 3.8) is 0 Å². The van der Waals surface area contributed by atoms with Gasteiger partial charge in [-0.3, -0.25) is 4.90 Å². The molecule has 7 nitrogen and oxygen atoms in total. The Kier molecular flexibility index (Phi) is 6.36. The Labute approximate surface area is 211 Å². The zero-order chi connectivity index (χ0) is 24.5. The largest absolute Gasteiger partial charge is 0.478 e. The van der Waals surface area contributed by atoms with E-state index in [9.17, 15) is 4.79 Å². The number of hydrogen-bond donors (Lipinski definition) is 2. The van der Waals surface area contributed by atoms with Gasteiger partial charge in [0, 0.05) is 36.9 Å². The van der Waals surface area contributed by atoms with Crippen LogP contribution in [0, 0.1) is 5.92 Å². The molecular formula is C29H34N4O3. The maximum absolute atomic E-state index is 11.0. The first-order chi connectivity index (χ1) is 17.6. The summed E-state index contributed by atoms with van der Waals surface area (Å²) in [4.78, 5) is 18.3. The van der Waals surface area contributed by atoms with Gasteiger partial charge in [0.15, 0.2) is 5.82 Å². The Balaban J connectivity index is 0.958. The SMILES string of the molecule is O=C(O)c1ccc(CN2CCC(Cc3nc(C4(CN[C@H]5C[C@@H]5c5ccccc5)CC4)no3)CC2)cc1. The monoisotopic (exact) mass is 486 g/mol. The van der Waals surface area contributed by atoms with Gasteiger partial charge in [-0.1, -0.05) is 47.6 Å². The standard InChI is InChI=1S/C29H34N4O3/c34-27(35)23-8-6-21(7-9-23)18-33-14-10-20(11-15-33)16-26-31-28(32-36-26)29(12-13-29)19-30-25-17-24(25)22-4-2-1-3-5-22/h1-9,20,24-25,30H,10-19H2,(H,34,35)/t24-,25+/m1/s1. The summed E-state index contributed by atoms with van der Waals surface area (Å²) in [5.74, 6) is 2.00. The molecule has 2 aliphatic carbocycles. The number of aromatic carboxylic acids is 1. The second-order valence-electron chi connectivity index (χ2n) is 11.0. The number of carboxylic acid groups (broad SMARTS) is 1. The molecule has 0 bridgehead atoms. The fourth-order valence-corrected chi connectivity index (χ4v) is 5.61. The van der Waals surface area contributed by atoms with Gasteiger partial charge >= 0.3 is 5.97 Å². The number of carbonyl (C=O) groups is 1. The van der Waals surface area contributed by atoms with Crippen molar-refractivity contribution in [2.24, 2.45) is 5.92 Å². The second-order valence-corrected chi connectivity index (χ2v) is 11.0. The molecule has 2 saturated carbocycles. The minimum atomic E-state index is -0.880. The van der Waals surface area contributed by atoms with E-state index in [2.05, 4.69) is 45.7 Å². The lowest BCUT2D eigenvalue weighted by Gasteiger charge is -2.31. The molecule has 1 aromatic heterocycles. The highest BCUT2D eigenvalue weighted by molar-refractivity contribution is 5.87. The smallest absolute Gasteiger partial charge is 0.335 e. The summed E-state index contributed by atoms with van der Waals surface area (Å²) in [6.07, 6.45) is 6.56. The van der Waals surface area contributed by atoms with Crippen LogP contribution in [0.5, 0.6) is 0 Å². The lowest BCUT2D eigenvalue weighted by molar-refractivity contribution is 0.0697. The molecule has 3 aliphatic rings. The van der Waals surface area contributed by atoms with Crippen molar-refractivity contribution in [1.82, 2.24) is 20.4 Å². The van der Waals surface area contributed by atoms with Gasteiger partial charge in [-0.2, -0.15) is 4.98 Å². The van der Waals surface area contributed by atoms with Gasteiger partial charge in [0.25, 0.3) is 0 Å². The number of aromatic nitrogens is 2. The van der Waals surface area contributed by atoms with Crippen LogP contribution >= 0.6 is 0 Å². The summed E-state index contributed by atoms with van der Waals surface area (Å²) in [5, 5.41) is 17.2. The number of piperidine rings is 1. The van der Waals surface area contributed by atoms with E-state index in [-0.39, 0.29) is 5.41 Å². The zero-order valence-corrected chi connectivity index (χ0v) is 20.6. The molecule has 0 spiro atoms. The maximum atomic E-state index is 11.0. The number of likely N-dealkylation sites (tertiary alicyclic amines) is 1. The third kappa shape index (κ3) is 5.22. The Morgan fingerprint density at radius 1 is 1.08 bits per heavy atom. The van der Waals surface area contributed by atoms with Crippen LogP contribution in [0.4, 0.5) is 0 Å². The number of rotatable bonds is 10. The van der Waals surface area contributed by atoms with Crippen LogP contribution in [0.25, 0.3) is 0 Å². The summed E-state index contributed by atoms with van der Waals surface area (Å²) in [6, 6.07) is 18.6. The summed E-state index contributed by atoms with van der Waals surface area (Å²) in [6.45, 7) is 3.86. The molecule has 2 atom stereocenters. The Hall–Kier alpha value is -3.03. The van der Waals surface area contributed by atoms with Gasteiger partial charge in [-0.25, -0.2) is 4.79 Å². The first-order valence-electron chi connectivity index (χ1n) is 13.2. The molecule has 7 heteroatoms. The normalized spacial score (nSPS) is 23.4. The van der Waals surface area contributed by atoms with E-state index >= 15 is 0 Å². The second kappa shape index (κ2) is 9.79. The van der Waals surface area contributed by atoms with Gasteiger partial charge in [0.1, 0.15) is 0 Å². The average Bonchev–Trinajstić information content (AvgIpc) is 3.82. The van der Waals surface area contributed by atoms with Crippen LogP contribution in [0.1, 0.15) is 71.2 Å². The van der Waals surface area contributed by atoms with Crippen molar-refractivity contribution >= 4 is 5.97 Å². The van der Waals surface area contributed by atoms with Gasteiger partial charge in [0.2, 0.25) is 5.89 Å². The van der Waals surface area contributed by atoms with Crippen molar-refractivity contribution < 1.29 is 14.4 Å². The fraction of sp³-hybridized carbons (Fsp3) is 0.483. The molecule has 0 amide bonds. The molecular weight excluding hydrogens is 452 g/mol. The van der Waals surface area contributed by atoms with Gasteiger partial charge < -0.3 is 14.9 Å². The third-order valence-corrected chi connectivity index (χ3v) is 8.29. The van der Waals surface area contributed by atoms with Gasteiger partial charge in [-0.15, -0.1) is 0 Å². The summed E-state index contributed by atoms with van der Waals surface area (Å²) in [7, 11) is 0. The number of hydrogen-bond acceptors (Lipinski definition) is 6. The quantitative estimate of drug-likeness (QED) is 0.439. The van der Waals surface area contributed by atoms with Crippen molar-refractivity contribution in [2.75, 3.05) is 19.6 Å². The van der Waals surface area contributed by atoms with Crippen LogP contribution in [-0.2, 0) is 18.4 Å². The number of benzene rings is 2. The van der Waals surface area contributed by atoms with Crippen LogP contribution in [0.15, 0.2) is 59.1 Å². The molecule has 2 aromatic carbocycles. The molecule has 6 rings (SSSR count). The molecule has 36 heavy (non-hydrogen) atoms. The van der Waals surface area contributed by atoms with Gasteiger partial charge in [-0.05, 0) is 74.4 Å². The molecule has 2 N–H and O–H groups in total. The molecule has 3 aromatic rings. The predicted molar refractivity (Wildman–Crippen MR) is 136 cm³/mol.